The van der Waals surface area contributed by atoms with Gasteiger partial charge in [-0.25, -0.2) is 9.78 Å². The lowest BCUT2D eigenvalue weighted by Crippen LogP contribution is -2.39. The summed E-state index contributed by atoms with van der Waals surface area (Å²) in [5.74, 6) is 0. The highest BCUT2D eigenvalue weighted by molar-refractivity contribution is 5.69. The van der Waals surface area contributed by atoms with Crippen LogP contribution in [-0.4, -0.2) is 25.3 Å². The van der Waals surface area contributed by atoms with E-state index in [0.29, 0.717) is 24.3 Å². The van der Waals surface area contributed by atoms with Crippen molar-refractivity contribution in [2.45, 2.75) is 46.4 Å². The van der Waals surface area contributed by atoms with Crippen molar-refractivity contribution in [2.75, 3.05) is 6.61 Å². The van der Waals surface area contributed by atoms with Crippen LogP contribution in [-0.2, 0) is 25.1 Å². The van der Waals surface area contributed by atoms with Crippen LogP contribution in [0.25, 0.3) is 11.2 Å². The maximum Gasteiger partial charge on any atom is 0.332 e. The highest BCUT2D eigenvalue weighted by Gasteiger charge is 2.15. The first-order chi connectivity index (χ1) is 10.1. The molecule has 0 fully saturated rings. The summed E-state index contributed by atoms with van der Waals surface area (Å²) in [5.41, 5.74) is 0.213. The quantitative estimate of drug-likeness (QED) is 0.716. The molecule has 0 aromatic carbocycles. The van der Waals surface area contributed by atoms with Crippen LogP contribution in [0.2, 0.25) is 0 Å². The molecule has 0 saturated heterocycles. The summed E-state index contributed by atoms with van der Waals surface area (Å²) in [4.78, 5) is 29.0. The molecule has 116 valence electrons. The third-order valence-electron chi connectivity index (χ3n) is 3.52. The van der Waals surface area contributed by atoms with Gasteiger partial charge in [0.1, 0.15) is 6.73 Å². The second kappa shape index (κ2) is 6.71. The van der Waals surface area contributed by atoms with E-state index in [1.54, 1.807) is 11.6 Å². The van der Waals surface area contributed by atoms with Gasteiger partial charge in [0, 0.05) is 20.2 Å². The molecule has 2 heterocycles. The van der Waals surface area contributed by atoms with E-state index in [4.69, 9.17) is 4.74 Å². The third-order valence-corrected chi connectivity index (χ3v) is 3.52. The van der Waals surface area contributed by atoms with E-state index < -0.39 is 0 Å². The standard InChI is InChI=1S/C14H22N4O3/c1-4-6-7-8-18-13(19)11-12(16(3)14(18)20)15-9-17(11)10-21-5-2/h9H,4-8,10H2,1-3H3. The van der Waals surface area contributed by atoms with Gasteiger partial charge in [-0.3, -0.25) is 13.9 Å². The van der Waals surface area contributed by atoms with Crippen molar-refractivity contribution in [3.63, 3.8) is 0 Å². The van der Waals surface area contributed by atoms with Crippen LogP contribution in [0.3, 0.4) is 0 Å². The Bertz CT molecular complexity index is 726. The molecule has 0 amide bonds. The Morgan fingerprint density at radius 3 is 2.67 bits per heavy atom. The Labute approximate surface area is 122 Å². The molecule has 0 N–H and O–H groups in total. The molecule has 2 rings (SSSR count). The molecule has 0 saturated carbocycles. The van der Waals surface area contributed by atoms with Gasteiger partial charge >= 0.3 is 5.69 Å². The van der Waals surface area contributed by atoms with E-state index >= 15 is 0 Å². The lowest BCUT2D eigenvalue weighted by atomic mass is 10.2. The monoisotopic (exact) mass is 294 g/mol. The summed E-state index contributed by atoms with van der Waals surface area (Å²) >= 11 is 0. The predicted molar refractivity (Wildman–Crippen MR) is 80.4 cm³/mol. The molecule has 0 aliphatic rings. The second-order valence-corrected chi connectivity index (χ2v) is 5.01. The fraction of sp³-hybridized carbons (Fsp3) is 0.643. The number of ether oxygens (including phenoxy) is 1. The van der Waals surface area contributed by atoms with Crippen LogP contribution >= 0.6 is 0 Å². The number of fused-ring (bicyclic) bond motifs is 1. The SMILES string of the molecule is CCCCCn1c(=O)c2c(ncn2COCC)n(C)c1=O. The van der Waals surface area contributed by atoms with Crippen LogP contribution in [0.15, 0.2) is 15.9 Å². The number of aromatic nitrogens is 4. The van der Waals surface area contributed by atoms with Gasteiger partial charge in [0.25, 0.3) is 5.56 Å². The Morgan fingerprint density at radius 1 is 1.24 bits per heavy atom. The van der Waals surface area contributed by atoms with Gasteiger partial charge in [-0.05, 0) is 13.3 Å². The molecule has 0 radical (unpaired) electrons. The number of hydrogen-bond donors (Lipinski definition) is 0. The van der Waals surface area contributed by atoms with E-state index in [9.17, 15) is 9.59 Å². The maximum absolute atomic E-state index is 12.6. The largest absolute Gasteiger partial charge is 0.361 e. The zero-order chi connectivity index (χ0) is 15.4. The van der Waals surface area contributed by atoms with E-state index in [0.717, 1.165) is 19.3 Å². The van der Waals surface area contributed by atoms with Crippen molar-refractivity contribution in [1.82, 2.24) is 18.7 Å². The summed E-state index contributed by atoms with van der Waals surface area (Å²) < 4.78 is 9.70. The van der Waals surface area contributed by atoms with E-state index in [1.165, 1.54) is 15.5 Å². The summed E-state index contributed by atoms with van der Waals surface area (Å²) in [6.45, 7) is 5.22. The first kappa shape index (κ1) is 15.5. The molecular weight excluding hydrogens is 272 g/mol. The molecule has 0 atom stereocenters. The summed E-state index contributed by atoms with van der Waals surface area (Å²) in [6, 6.07) is 0. The highest BCUT2D eigenvalue weighted by Crippen LogP contribution is 2.06. The molecule has 0 bridgehead atoms. The van der Waals surface area contributed by atoms with Crippen LogP contribution in [0.4, 0.5) is 0 Å². The zero-order valence-electron chi connectivity index (χ0n) is 12.8. The smallest absolute Gasteiger partial charge is 0.332 e. The van der Waals surface area contributed by atoms with Crippen molar-refractivity contribution in [3.8, 4) is 0 Å². The van der Waals surface area contributed by atoms with Crippen LogP contribution in [0.5, 0.6) is 0 Å². The van der Waals surface area contributed by atoms with Crippen molar-refractivity contribution in [2.24, 2.45) is 7.05 Å². The van der Waals surface area contributed by atoms with Crippen LogP contribution < -0.4 is 11.2 Å². The fourth-order valence-electron chi connectivity index (χ4n) is 2.33. The molecular formula is C14H22N4O3. The molecule has 0 aliphatic carbocycles. The van der Waals surface area contributed by atoms with Gasteiger partial charge in [-0.2, -0.15) is 0 Å². The van der Waals surface area contributed by atoms with Crippen molar-refractivity contribution in [3.05, 3.63) is 27.2 Å². The minimum Gasteiger partial charge on any atom is -0.361 e. The first-order valence-corrected chi connectivity index (χ1v) is 7.34. The third kappa shape index (κ3) is 2.92. The molecule has 0 aliphatic heterocycles. The Kier molecular flexibility index (Phi) is 4.95. The second-order valence-electron chi connectivity index (χ2n) is 5.01. The van der Waals surface area contributed by atoms with E-state index in [-0.39, 0.29) is 18.0 Å². The molecule has 21 heavy (non-hydrogen) atoms. The topological polar surface area (TPSA) is 71.0 Å². The Hall–Kier alpha value is -1.89. The fourth-order valence-corrected chi connectivity index (χ4v) is 2.33. The predicted octanol–water partition coefficient (Wildman–Crippen LogP) is 1.08. The average Bonchev–Trinajstić information content (AvgIpc) is 2.90. The van der Waals surface area contributed by atoms with E-state index in [2.05, 4.69) is 11.9 Å². The number of imidazole rings is 1. The van der Waals surface area contributed by atoms with Gasteiger partial charge in [-0.1, -0.05) is 19.8 Å². The highest BCUT2D eigenvalue weighted by atomic mass is 16.5. The number of hydrogen-bond acceptors (Lipinski definition) is 4. The minimum atomic E-state index is -0.315. The van der Waals surface area contributed by atoms with Crippen LogP contribution in [0.1, 0.15) is 33.1 Å². The molecule has 0 spiro atoms. The zero-order valence-corrected chi connectivity index (χ0v) is 12.8. The Balaban J connectivity index is 2.54. The van der Waals surface area contributed by atoms with E-state index in [1.807, 2.05) is 6.92 Å². The van der Waals surface area contributed by atoms with Gasteiger partial charge in [0.15, 0.2) is 11.2 Å². The number of unbranched alkanes of at least 4 members (excludes halogenated alkanes) is 2. The molecule has 2 aromatic rings. The number of aryl methyl sites for hydroxylation is 1. The number of rotatable bonds is 7. The van der Waals surface area contributed by atoms with Crippen molar-refractivity contribution >= 4 is 11.2 Å². The van der Waals surface area contributed by atoms with Crippen LogP contribution in [0, 0.1) is 0 Å². The molecule has 7 nitrogen and oxygen atoms in total. The molecule has 7 heteroatoms. The van der Waals surface area contributed by atoms with Crippen molar-refractivity contribution in [1.29, 1.82) is 0 Å². The average molecular weight is 294 g/mol. The molecule has 2 aromatic heterocycles. The first-order valence-electron chi connectivity index (χ1n) is 7.34. The van der Waals surface area contributed by atoms with Gasteiger partial charge in [-0.15, -0.1) is 0 Å². The summed E-state index contributed by atoms with van der Waals surface area (Å²) in [5, 5.41) is 0. The minimum absolute atomic E-state index is 0.259. The maximum atomic E-state index is 12.6. The lowest BCUT2D eigenvalue weighted by Gasteiger charge is -2.09. The van der Waals surface area contributed by atoms with Gasteiger partial charge < -0.3 is 9.30 Å². The van der Waals surface area contributed by atoms with Gasteiger partial charge in [0.05, 0.1) is 6.33 Å². The summed E-state index contributed by atoms with van der Waals surface area (Å²) in [7, 11) is 1.64. The van der Waals surface area contributed by atoms with Gasteiger partial charge in [0.2, 0.25) is 0 Å². The van der Waals surface area contributed by atoms with Crippen molar-refractivity contribution < 1.29 is 4.74 Å². The molecule has 0 unspecified atom stereocenters. The lowest BCUT2D eigenvalue weighted by molar-refractivity contribution is 0.0903. The normalized spacial score (nSPS) is 11.4. The Morgan fingerprint density at radius 2 is 2.00 bits per heavy atom. The number of nitrogens with zero attached hydrogens (tertiary/aromatic N) is 4. The summed E-state index contributed by atoms with van der Waals surface area (Å²) in [6.07, 6.45) is 4.39.